The van der Waals surface area contributed by atoms with Gasteiger partial charge in [0.05, 0.1) is 0 Å². The van der Waals surface area contributed by atoms with E-state index in [1.165, 1.54) is 154 Å². The Kier molecular flexibility index (Phi) is 24.9. The van der Waals surface area contributed by atoms with Gasteiger partial charge < -0.3 is 0 Å². The van der Waals surface area contributed by atoms with Crippen molar-refractivity contribution in [3.05, 3.63) is 30.3 Å². The van der Waals surface area contributed by atoms with Crippen molar-refractivity contribution in [1.82, 2.24) is 0 Å². The Hall–Kier alpha value is 0.0187. The van der Waals surface area contributed by atoms with Gasteiger partial charge in [0, 0.05) is 0 Å². The summed E-state index contributed by atoms with van der Waals surface area (Å²) in [6, 6.07) is 12.1. The van der Waals surface area contributed by atoms with E-state index in [9.17, 15) is 0 Å². The Morgan fingerprint density at radius 3 is 0.919 bits per heavy atom. The standard InChI is InChI=1S/3C10H21.C6H5.Sn/c3*1-3-5-7-9-10-8-6-4-2;1-2-4-6-5-3-1;/h3*1,3-10H2,2H3;1-5H;. The van der Waals surface area contributed by atoms with E-state index in [0.29, 0.717) is 0 Å². The molecule has 1 heteroatoms. The van der Waals surface area contributed by atoms with Gasteiger partial charge in [-0.25, -0.2) is 0 Å². The average Bonchev–Trinajstić information content (AvgIpc) is 2.93. The van der Waals surface area contributed by atoms with Gasteiger partial charge in [0.25, 0.3) is 0 Å². The summed E-state index contributed by atoms with van der Waals surface area (Å²) < 4.78 is 6.74. The van der Waals surface area contributed by atoms with Crippen LogP contribution in [0.2, 0.25) is 13.3 Å². The third-order valence-corrected chi connectivity index (χ3v) is 24.6. The van der Waals surface area contributed by atoms with Crippen LogP contribution in [0.3, 0.4) is 0 Å². The van der Waals surface area contributed by atoms with Gasteiger partial charge in [-0.1, -0.05) is 0 Å². The van der Waals surface area contributed by atoms with Crippen LogP contribution in [0.4, 0.5) is 0 Å². The molecule has 0 aliphatic carbocycles. The number of hydrogen-bond acceptors (Lipinski definition) is 0. The van der Waals surface area contributed by atoms with E-state index < -0.39 is 18.4 Å². The molecule has 0 saturated heterocycles. The molecule has 1 aromatic rings. The Morgan fingerprint density at radius 2 is 0.622 bits per heavy atom. The molecule has 0 spiro atoms. The first-order chi connectivity index (χ1) is 18.3. The first kappa shape index (κ1) is 35.0. The van der Waals surface area contributed by atoms with Crippen LogP contribution < -0.4 is 3.58 Å². The van der Waals surface area contributed by atoms with Crippen molar-refractivity contribution in [3.8, 4) is 0 Å². The normalized spacial score (nSPS) is 11.9. The Morgan fingerprint density at radius 1 is 0.351 bits per heavy atom. The van der Waals surface area contributed by atoms with Crippen LogP contribution in [0.1, 0.15) is 175 Å². The van der Waals surface area contributed by atoms with Gasteiger partial charge in [-0.15, -0.1) is 0 Å². The molecule has 37 heavy (non-hydrogen) atoms. The van der Waals surface area contributed by atoms with Crippen molar-refractivity contribution in [2.45, 2.75) is 188 Å². The predicted molar refractivity (Wildman–Crippen MR) is 174 cm³/mol. The summed E-state index contributed by atoms with van der Waals surface area (Å²) in [6.45, 7) is 6.99. The average molecular weight is 620 g/mol. The van der Waals surface area contributed by atoms with Crippen molar-refractivity contribution in [1.29, 1.82) is 0 Å². The van der Waals surface area contributed by atoms with Crippen LogP contribution in [-0.4, -0.2) is 18.4 Å². The third kappa shape index (κ3) is 18.9. The van der Waals surface area contributed by atoms with E-state index in [1.54, 1.807) is 13.3 Å². The van der Waals surface area contributed by atoms with E-state index in [0.717, 1.165) is 0 Å². The molecule has 0 radical (unpaired) electrons. The van der Waals surface area contributed by atoms with Gasteiger partial charge >= 0.3 is 240 Å². The monoisotopic (exact) mass is 620 g/mol. The summed E-state index contributed by atoms with van der Waals surface area (Å²) in [5.41, 5.74) is 0. The molecule has 0 fully saturated rings. The molecule has 0 bridgehead atoms. The SMILES string of the molecule is CCCCCCCCC[CH2][Sn]([CH2]CCCCCCCCC)([CH2]CCCCCCCCC)[c]1ccccc1. The van der Waals surface area contributed by atoms with Gasteiger partial charge in [0.15, 0.2) is 0 Å². The molecule has 0 N–H and O–H groups in total. The van der Waals surface area contributed by atoms with Crippen LogP contribution in [0.5, 0.6) is 0 Å². The fraction of sp³-hybridized carbons (Fsp3) is 0.833. The molecule has 1 aromatic carbocycles. The molecular weight excluding hydrogens is 551 g/mol. The van der Waals surface area contributed by atoms with Gasteiger partial charge in [-0.2, -0.15) is 0 Å². The van der Waals surface area contributed by atoms with E-state index in [-0.39, 0.29) is 0 Å². The quantitative estimate of drug-likeness (QED) is 0.0647. The molecular formula is C36H68Sn. The van der Waals surface area contributed by atoms with Crippen LogP contribution in [0.25, 0.3) is 0 Å². The second-order valence-electron chi connectivity index (χ2n) is 12.3. The fourth-order valence-electron chi connectivity index (χ4n) is 6.39. The molecule has 0 saturated carbocycles. The molecule has 0 unspecified atom stereocenters. The molecule has 0 aromatic heterocycles. The number of unbranched alkanes of at least 4 members (excludes halogenated alkanes) is 21. The van der Waals surface area contributed by atoms with Crippen molar-refractivity contribution < 1.29 is 0 Å². The zero-order valence-electron chi connectivity index (χ0n) is 26.0. The van der Waals surface area contributed by atoms with Crippen molar-refractivity contribution >= 4 is 22.0 Å². The molecule has 0 aliphatic heterocycles. The summed E-state index contributed by atoms with van der Waals surface area (Å²) in [5.74, 6) is 0. The summed E-state index contributed by atoms with van der Waals surface area (Å²) in [7, 11) is 0. The molecule has 0 aliphatic rings. The maximum atomic E-state index is 2.57. The molecule has 0 atom stereocenters. The fourth-order valence-corrected chi connectivity index (χ4v) is 21.5. The zero-order valence-corrected chi connectivity index (χ0v) is 28.8. The number of hydrogen-bond donors (Lipinski definition) is 0. The Labute approximate surface area is 239 Å². The van der Waals surface area contributed by atoms with Crippen molar-refractivity contribution in [3.63, 3.8) is 0 Å². The number of benzene rings is 1. The molecule has 0 heterocycles. The first-order valence-electron chi connectivity index (χ1n) is 17.3. The van der Waals surface area contributed by atoms with Crippen molar-refractivity contribution in [2.24, 2.45) is 0 Å². The maximum absolute atomic E-state index is 2.57. The second-order valence-corrected chi connectivity index (χ2v) is 25.6. The van der Waals surface area contributed by atoms with Gasteiger partial charge in [0.1, 0.15) is 0 Å². The number of rotatable bonds is 28. The minimum absolute atomic E-state index is 1.37. The minimum atomic E-state index is -2.36. The summed E-state index contributed by atoms with van der Waals surface area (Å²) in [6.07, 6.45) is 35.1. The zero-order chi connectivity index (χ0) is 26.7. The third-order valence-electron chi connectivity index (χ3n) is 8.91. The summed E-state index contributed by atoms with van der Waals surface area (Å²) in [4.78, 5) is 0. The van der Waals surface area contributed by atoms with E-state index >= 15 is 0 Å². The Balaban J connectivity index is 2.62. The Bertz CT molecular complexity index is 515. The van der Waals surface area contributed by atoms with Gasteiger partial charge in [-0.05, 0) is 0 Å². The summed E-state index contributed by atoms with van der Waals surface area (Å²) >= 11 is -2.36. The first-order valence-corrected chi connectivity index (χ1v) is 24.8. The van der Waals surface area contributed by atoms with Crippen molar-refractivity contribution in [2.75, 3.05) is 0 Å². The van der Waals surface area contributed by atoms with Gasteiger partial charge in [-0.3, -0.25) is 0 Å². The topological polar surface area (TPSA) is 0 Å². The van der Waals surface area contributed by atoms with Crippen LogP contribution in [0, 0.1) is 0 Å². The second kappa shape index (κ2) is 26.3. The molecule has 216 valence electrons. The van der Waals surface area contributed by atoms with E-state index in [1.807, 2.05) is 3.58 Å². The van der Waals surface area contributed by atoms with Crippen LogP contribution >= 0.6 is 0 Å². The molecule has 0 amide bonds. The molecule has 1 rings (SSSR count). The summed E-state index contributed by atoms with van der Waals surface area (Å²) in [5, 5.41) is 0. The van der Waals surface area contributed by atoms with E-state index in [2.05, 4.69) is 51.1 Å². The predicted octanol–water partition coefficient (Wildman–Crippen LogP) is 12.8. The van der Waals surface area contributed by atoms with Gasteiger partial charge in [0.2, 0.25) is 0 Å². The van der Waals surface area contributed by atoms with Crippen LogP contribution in [-0.2, 0) is 0 Å². The van der Waals surface area contributed by atoms with E-state index in [4.69, 9.17) is 0 Å². The molecule has 0 nitrogen and oxygen atoms in total. The van der Waals surface area contributed by atoms with Crippen LogP contribution in [0.15, 0.2) is 30.3 Å².